The third kappa shape index (κ3) is 6.02. The topological polar surface area (TPSA) is 102 Å². The molecule has 1 aromatic heterocycles. The second-order valence-corrected chi connectivity index (χ2v) is 6.38. The number of nitrogens with one attached hydrogen (secondary N) is 2. The number of carbonyl (C=O) groups is 2. The fraction of sp³-hybridized carbons (Fsp3) is 0.471. The molecule has 0 aliphatic rings. The summed E-state index contributed by atoms with van der Waals surface area (Å²) in [5, 5.41) is 5.00. The van der Waals surface area contributed by atoms with Gasteiger partial charge in [-0.3, -0.25) is 14.2 Å². The first-order valence-electron chi connectivity index (χ1n) is 8.30. The van der Waals surface area contributed by atoms with Crippen molar-refractivity contribution in [2.75, 3.05) is 6.54 Å². The molecule has 1 heterocycles. The highest BCUT2D eigenvalue weighted by atomic mass is 35.5. The predicted molar refractivity (Wildman–Crippen MR) is 108 cm³/mol. The fourth-order valence-corrected chi connectivity index (χ4v) is 2.52. The van der Waals surface area contributed by atoms with E-state index in [1.807, 2.05) is 0 Å². The Morgan fingerprint density at radius 1 is 1.18 bits per heavy atom. The van der Waals surface area contributed by atoms with E-state index < -0.39 is 30.4 Å². The van der Waals surface area contributed by atoms with Gasteiger partial charge in [0.25, 0.3) is 0 Å². The number of hydrogen-bond donors (Lipinski definition) is 3. The highest BCUT2D eigenvalue weighted by Gasteiger charge is 2.23. The number of imidazole rings is 1. The van der Waals surface area contributed by atoms with Crippen molar-refractivity contribution in [3.63, 3.8) is 0 Å². The molecule has 28 heavy (non-hydrogen) atoms. The van der Waals surface area contributed by atoms with E-state index in [-0.39, 0.29) is 48.6 Å². The lowest BCUT2D eigenvalue weighted by Gasteiger charge is -2.17. The highest BCUT2D eigenvalue weighted by molar-refractivity contribution is 5.87. The van der Waals surface area contributed by atoms with Gasteiger partial charge in [0, 0.05) is 0 Å². The molecule has 0 aliphatic heterocycles. The lowest BCUT2D eigenvalue weighted by Crippen LogP contribution is -2.47. The first-order valence-corrected chi connectivity index (χ1v) is 8.30. The number of para-hydroxylation sites is 2. The summed E-state index contributed by atoms with van der Waals surface area (Å²) in [7, 11) is 0. The average Bonchev–Trinajstić information content (AvgIpc) is 2.98. The zero-order chi connectivity index (χ0) is 19.4. The Balaban J connectivity index is 0.00000364. The molecule has 0 saturated carbocycles. The Kier molecular flexibility index (Phi) is 10.4. The zero-order valence-corrected chi connectivity index (χ0v) is 17.3. The minimum Gasteiger partial charge on any atom is -0.346 e. The van der Waals surface area contributed by atoms with E-state index in [9.17, 15) is 18.4 Å². The fourth-order valence-electron chi connectivity index (χ4n) is 2.52. The van der Waals surface area contributed by atoms with Crippen LogP contribution in [0.3, 0.4) is 0 Å². The standard InChI is InChI=1S/C17H23F2N5O2.2ClH/c1-9(2)14(20)16(26)21-8-13(25)22-10(3)15-23-11-6-4-5-7-12(11)24(15)17(18)19;;/h4-7,9-10,14,17H,8,20H2,1-3H3,(H,21,26)(H,22,25);2*1H/t10?,14-;;/m0../s1. The molecule has 0 saturated heterocycles. The van der Waals surface area contributed by atoms with Gasteiger partial charge in [-0.25, -0.2) is 4.98 Å². The summed E-state index contributed by atoms with van der Waals surface area (Å²) in [5.74, 6) is -0.986. The minimum atomic E-state index is -2.79. The van der Waals surface area contributed by atoms with E-state index in [4.69, 9.17) is 5.73 Å². The Bertz CT molecular complexity index is 801. The van der Waals surface area contributed by atoms with Crippen molar-refractivity contribution in [2.45, 2.75) is 39.4 Å². The maximum atomic E-state index is 13.4. The van der Waals surface area contributed by atoms with Crippen molar-refractivity contribution in [2.24, 2.45) is 11.7 Å². The molecule has 7 nitrogen and oxygen atoms in total. The second-order valence-electron chi connectivity index (χ2n) is 6.38. The summed E-state index contributed by atoms with van der Waals surface area (Å²) in [6, 6.07) is 5.03. The first kappa shape index (κ1) is 26.0. The third-order valence-electron chi connectivity index (χ3n) is 4.03. The lowest BCUT2D eigenvalue weighted by molar-refractivity contribution is -0.127. The second kappa shape index (κ2) is 11.1. The number of amides is 2. The SMILES string of the molecule is CC(NC(=O)CNC(=O)[C@@H](N)C(C)C)c1nc2ccccc2n1C(F)F.Cl.Cl. The number of benzene rings is 1. The molecular weight excluding hydrogens is 415 g/mol. The van der Waals surface area contributed by atoms with Crippen LogP contribution in [0.2, 0.25) is 0 Å². The van der Waals surface area contributed by atoms with Gasteiger partial charge >= 0.3 is 6.55 Å². The van der Waals surface area contributed by atoms with Gasteiger partial charge in [0.1, 0.15) is 5.82 Å². The number of rotatable bonds is 7. The van der Waals surface area contributed by atoms with E-state index >= 15 is 0 Å². The van der Waals surface area contributed by atoms with Crippen molar-refractivity contribution in [1.29, 1.82) is 0 Å². The third-order valence-corrected chi connectivity index (χ3v) is 4.03. The Morgan fingerprint density at radius 2 is 1.79 bits per heavy atom. The maximum absolute atomic E-state index is 13.4. The molecule has 0 aliphatic carbocycles. The summed E-state index contributed by atoms with van der Waals surface area (Å²) in [5.41, 5.74) is 6.40. The molecule has 2 amide bonds. The molecule has 2 aromatic rings. The van der Waals surface area contributed by atoms with Crippen LogP contribution in [-0.4, -0.2) is 34.0 Å². The maximum Gasteiger partial charge on any atom is 0.320 e. The van der Waals surface area contributed by atoms with Gasteiger partial charge < -0.3 is 16.4 Å². The van der Waals surface area contributed by atoms with Crippen LogP contribution in [0.4, 0.5) is 8.78 Å². The molecule has 0 bridgehead atoms. The monoisotopic (exact) mass is 439 g/mol. The number of nitrogens with two attached hydrogens (primary N) is 1. The van der Waals surface area contributed by atoms with E-state index in [1.54, 1.807) is 45.0 Å². The van der Waals surface area contributed by atoms with Crippen LogP contribution in [0.25, 0.3) is 11.0 Å². The predicted octanol–water partition coefficient (Wildman–Crippen LogP) is 2.55. The Hall–Kier alpha value is -1.97. The molecule has 2 rings (SSSR count). The molecule has 4 N–H and O–H groups in total. The van der Waals surface area contributed by atoms with Gasteiger partial charge in [0.05, 0.1) is 29.7 Å². The summed E-state index contributed by atoms with van der Waals surface area (Å²) in [6.45, 7) is 2.06. The average molecular weight is 440 g/mol. The van der Waals surface area contributed by atoms with Gasteiger partial charge in [-0.2, -0.15) is 8.78 Å². The number of nitrogens with zero attached hydrogens (tertiary/aromatic N) is 2. The van der Waals surface area contributed by atoms with Gasteiger partial charge in [0.15, 0.2) is 0 Å². The van der Waals surface area contributed by atoms with Crippen molar-refractivity contribution >= 4 is 47.7 Å². The molecule has 158 valence electrons. The van der Waals surface area contributed by atoms with E-state index in [0.717, 1.165) is 4.57 Å². The normalized spacial score (nSPS) is 12.9. The molecule has 1 unspecified atom stereocenters. The van der Waals surface area contributed by atoms with Gasteiger partial charge in [-0.05, 0) is 25.0 Å². The molecule has 0 fully saturated rings. The zero-order valence-electron chi connectivity index (χ0n) is 15.7. The summed E-state index contributed by atoms with van der Waals surface area (Å²) in [6.07, 6.45) is 0. The quantitative estimate of drug-likeness (QED) is 0.616. The van der Waals surface area contributed by atoms with Gasteiger partial charge in [-0.1, -0.05) is 26.0 Å². The van der Waals surface area contributed by atoms with E-state index in [1.165, 1.54) is 0 Å². The van der Waals surface area contributed by atoms with Crippen LogP contribution in [0, 0.1) is 5.92 Å². The number of halogens is 4. The van der Waals surface area contributed by atoms with Crippen molar-refractivity contribution in [1.82, 2.24) is 20.2 Å². The summed E-state index contributed by atoms with van der Waals surface area (Å²) < 4.78 is 27.7. The highest BCUT2D eigenvalue weighted by Crippen LogP contribution is 2.26. The number of hydrogen-bond acceptors (Lipinski definition) is 4. The molecule has 2 atom stereocenters. The first-order chi connectivity index (χ1) is 12.2. The number of carbonyl (C=O) groups excluding carboxylic acids is 2. The Morgan fingerprint density at radius 3 is 2.36 bits per heavy atom. The van der Waals surface area contributed by atoms with Gasteiger partial charge in [0.2, 0.25) is 11.8 Å². The molecular formula is C17H25Cl2F2N5O2. The van der Waals surface area contributed by atoms with Crippen LogP contribution < -0.4 is 16.4 Å². The van der Waals surface area contributed by atoms with Crippen LogP contribution >= 0.6 is 24.8 Å². The van der Waals surface area contributed by atoms with Crippen molar-refractivity contribution in [3.05, 3.63) is 30.1 Å². The molecule has 1 aromatic carbocycles. The molecule has 0 radical (unpaired) electrons. The van der Waals surface area contributed by atoms with Crippen LogP contribution in [-0.2, 0) is 9.59 Å². The number of aromatic nitrogens is 2. The molecule has 0 spiro atoms. The van der Waals surface area contributed by atoms with Crippen molar-refractivity contribution < 1.29 is 18.4 Å². The van der Waals surface area contributed by atoms with E-state index in [0.29, 0.717) is 5.52 Å². The van der Waals surface area contributed by atoms with Crippen LogP contribution in [0.1, 0.15) is 39.2 Å². The summed E-state index contributed by atoms with van der Waals surface area (Å²) in [4.78, 5) is 28.0. The van der Waals surface area contributed by atoms with Crippen LogP contribution in [0.15, 0.2) is 24.3 Å². The number of alkyl halides is 2. The number of fused-ring (bicyclic) bond motifs is 1. The lowest BCUT2D eigenvalue weighted by atomic mass is 10.1. The molecule has 11 heteroatoms. The van der Waals surface area contributed by atoms with Gasteiger partial charge in [-0.15, -0.1) is 24.8 Å². The van der Waals surface area contributed by atoms with E-state index in [2.05, 4.69) is 15.6 Å². The van der Waals surface area contributed by atoms with Crippen molar-refractivity contribution in [3.8, 4) is 0 Å². The minimum absolute atomic E-state index is 0. The summed E-state index contributed by atoms with van der Waals surface area (Å²) >= 11 is 0. The smallest absolute Gasteiger partial charge is 0.320 e. The van der Waals surface area contributed by atoms with Crippen LogP contribution in [0.5, 0.6) is 0 Å². The largest absolute Gasteiger partial charge is 0.346 e. The Labute approximate surface area is 174 Å².